The van der Waals surface area contributed by atoms with Crippen molar-refractivity contribution < 1.29 is 22.3 Å². The summed E-state index contributed by atoms with van der Waals surface area (Å²) in [6.45, 7) is 0.811. The van der Waals surface area contributed by atoms with Crippen molar-refractivity contribution >= 4 is 5.82 Å². The van der Waals surface area contributed by atoms with Gasteiger partial charge in [-0.1, -0.05) is 0 Å². The smallest absolute Gasteiger partial charge is 0.463 e. The standard InChI is InChI=1S/C18H16F3N3O2/c19-18(20,21)26-13-8-6-12(7-9-13)24-17-14(4-1-2-10-22-17)16(23-24)15-5-3-11-25-15/h3,5-9,11,22H,1-2,4,10H2. The third-order valence-electron chi connectivity index (χ3n) is 4.20. The zero-order valence-electron chi connectivity index (χ0n) is 13.7. The van der Waals surface area contributed by atoms with Crippen molar-refractivity contribution in [3.05, 3.63) is 48.2 Å². The van der Waals surface area contributed by atoms with E-state index in [2.05, 4.69) is 15.2 Å². The molecule has 0 spiro atoms. The molecule has 0 fully saturated rings. The van der Waals surface area contributed by atoms with Gasteiger partial charge in [-0.2, -0.15) is 5.10 Å². The highest BCUT2D eigenvalue weighted by atomic mass is 19.4. The van der Waals surface area contributed by atoms with Crippen LogP contribution in [0.15, 0.2) is 47.1 Å². The molecule has 0 amide bonds. The lowest BCUT2D eigenvalue weighted by atomic mass is 10.1. The third-order valence-corrected chi connectivity index (χ3v) is 4.20. The largest absolute Gasteiger partial charge is 0.573 e. The number of hydrogen-bond acceptors (Lipinski definition) is 4. The first-order valence-electron chi connectivity index (χ1n) is 8.27. The first kappa shape index (κ1) is 16.6. The average molecular weight is 363 g/mol. The number of anilines is 1. The molecule has 1 N–H and O–H groups in total. The summed E-state index contributed by atoms with van der Waals surface area (Å²) in [5, 5.41) is 8.02. The molecule has 4 rings (SSSR count). The van der Waals surface area contributed by atoms with Crippen LogP contribution in [-0.2, 0) is 6.42 Å². The lowest BCUT2D eigenvalue weighted by Gasteiger charge is -2.11. The lowest BCUT2D eigenvalue weighted by Crippen LogP contribution is -2.17. The minimum Gasteiger partial charge on any atom is -0.463 e. The molecule has 1 aliphatic heterocycles. The number of hydrogen-bond donors (Lipinski definition) is 1. The van der Waals surface area contributed by atoms with Gasteiger partial charge in [-0.3, -0.25) is 0 Å². The number of nitrogens with zero attached hydrogens (tertiary/aromatic N) is 2. The number of nitrogens with one attached hydrogen (secondary N) is 1. The summed E-state index contributed by atoms with van der Waals surface area (Å²) in [6.07, 6.45) is -0.206. The van der Waals surface area contributed by atoms with E-state index in [9.17, 15) is 13.2 Å². The zero-order valence-corrected chi connectivity index (χ0v) is 13.7. The SMILES string of the molecule is FC(F)(F)Oc1ccc(-n2nc(-c3ccco3)c3c2NCCCC3)cc1. The zero-order chi connectivity index (χ0) is 18.1. The molecule has 1 aliphatic rings. The molecule has 1 aromatic carbocycles. The van der Waals surface area contributed by atoms with Crippen molar-refractivity contribution in [1.82, 2.24) is 9.78 Å². The van der Waals surface area contributed by atoms with E-state index >= 15 is 0 Å². The maximum atomic E-state index is 12.3. The van der Waals surface area contributed by atoms with Gasteiger partial charge in [0.05, 0.1) is 12.0 Å². The molecule has 3 aromatic rings. The second kappa shape index (κ2) is 6.44. The number of fused-ring (bicyclic) bond motifs is 1. The van der Waals surface area contributed by atoms with Gasteiger partial charge in [0.15, 0.2) is 5.76 Å². The maximum absolute atomic E-state index is 12.3. The second-order valence-corrected chi connectivity index (χ2v) is 5.99. The number of alkyl halides is 3. The first-order chi connectivity index (χ1) is 12.5. The van der Waals surface area contributed by atoms with Crippen molar-refractivity contribution in [3.8, 4) is 22.9 Å². The van der Waals surface area contributed by atoms with Gasteiger partial charge in [-0.05, 0) is 55.7 Å². The monoisotopic (exact) mass is 363 g/mol. The molecule has 0 bridgehead atoms. The van der Waals surface area contributed by atoms with E-state index in [-0.39, 0.29) is 5.75 Å². The van der Waals surface area contributed by atoms with Crippen molar-refractivity contribution in [3.63, 3.8) is 0 Å². The Hall–Kier alpha value is -2.90. The summed E-state index contributed by atoms with van der Waals surface area (Å²) >= 11 is 0. The Morgan fingerprint density at radius 1 is 1.12 bits per heavy atom. The topological polar surface area (TPSA) is 52.2 Å². The first-order valence-corrected chi connectivity index (χ1v) is 8.27. The molecule has 0 unspecified atom stereocenters. The van der Waals surface area contributed by atoms with E-state index in [1.807, 2.05) is 6.07 Å². The Bertz CT molecular complexity index is 884. The van der Waals surface area contributed by atoms with Gasteiger partial charge < -0.3 is 14.5 Å². The van der Waals surface area contributed by atoms with E-state index in [4.69, 9.17) is 4.42 Å². The van der Waals surface area contributed by atoms with Crippen molar-refractivity contribution in [2.45, 2.75) is 25.6 Å². The number of ether oxygens (including phenoxy) is 1. The number of furan rings is 1. The van der Waals surface area contributed by atoms with Crippen LogP contribution in [0.4, 0.5) is 19.0 Å². The minimum absolute atomic E-state index is 0.265. The average Bonchev–Trinajstić information content (AvgIpc) is 3.16. The van der Waals surface area contributed by atoms with E-state index in [1.165, 1.54) is 12.1 Å². The summed E-state index contributed by atoms with van der Waals surface area (Å²) < 4.78 is 48.1. The van der Waals surface area contributed by atoms with Crippen LogP contribution in [0.1, 0.15) is 18.4 Å². The highest BCUT2D eigenvalue weighted by Crippen LogP contribution is 2.34. The van der Waals surface area contributed by atoms with Gasteiger partial charge in [0.25, 0.3) is 0 Å². The molecule has 8 heteroatoms. The van der Waals surface area contributed by atoms with E-state index in [0.717, 1.165) is 42.9 Å². The Balaban J connectivity index is 1.74. The number of aromatic nitrogens is 2. The van der Waals surface area contributed by atoms with Gasteiger partial charge >= 0.3 is 6.36 Å². The summed E-state index contributed by atoms with van der Waals surface area (Å²) in [4.78, 5) is 0. The van der Waals surface area contributed by atoms with Crippen LogP contribution in [0.3, 0.4) is 0 Å². The van der Waals surface area contributed by atoms with Crippen molar-refractivity contribution in [2.75, 3.05) is 11.9 Å². The highest BCUT2D eigenvalue weighted by Gasteiger charge is 2.31. The Morgan fingerprint density at radius 2 is 1.92 bits per heavy atom. The van der Waals surface area contributed by atoms with E-state index < -0.39 is 6.36 Å². The van der Waals surface area contributed by atoms with E-state index in [1.54, 1.807) is 29.1 Å². The van der Waals surface area contributed by atoms with Crippen molar-refractivity contribution in [1.29, 1.82) is 0 Å². The van der Waals surface area contributed by atoms with Gasteiger partial charge in [-0.25, -0.2) is 4.68 Å². The third kappa shape index (κ3) is 3.26. The van der Waals surface area contributed by atoms with Crippen LogP contribution in [-0.4, -0.2) is 22.7 Å². The van der Waals surface area contributed by atoms with Crippen LogP contribution >= 0.6 is 0 Å². The predicted molar refractivity (Wildman–Crippen MR) is 89.4 cm³/mol. The fourth-order valence-electron chi connectivity index (χ4n) is 3.09. The van der Waals surface area contributed by atoms with Gasteiger partial charge in [0.2, 0.25) is 0 Å². The van der Waals surface area contributed by atoms with Crippen LogP contribution in [0.2, 0.25) is 0 Å². The molecular weight excluding hydrogens is 347 g/mol. The predicted octanol–water partition coefficient (Wildman–Crippen LogP) is 4.78. The fraction of sp³-hybridized carbons (Fsp3) is 0.278. The highest BCUT2D eigenvalue weighted by molar-refractivity contribution is 5.68. The molecule has 0 saturated heterocycles. The molecule has 0 aliphatic carbocycles. The van der Waals surface area contributed by atoms with Gasteiger partial charge in [-0.15, -0.1) is 13.2 Å². The molecule has 5 nitrogen and oxygen atoms in total. The Kier molecular flexibility index (Phi) is 4.10. The van der Waals surface area contributed by atoms with Gasteiger partial charge in [0, 0.05) is 12.1 Å². The minimum atomic E-state index is -4.71. The Morgan fingerprint density at radius 3 is 2.62 bits per heavy atom. The van der Waals surface area contributed by atoms with Crippen LogP contribution < -0.4 is 10.1 Å². The van der Waals surface area contributed by atoms with Crippen LogP contribution in [0.25, 0.3) is 17.1 Å². The Labute approximate surface area is 147 Å². The molecule has 136 valence electrons. The molecular formula is C18H16F3N3O2. The number of benzene rings is 1. The van der Waals surface area contributed by atoms with Gasteiger partial charge in [0.1, 0.15) is 17.3 Å². The summed E-state index contributed by atoms with van der Waals surface area (Å²) in [5.74, 6) is 1.25. The second-order valence-electron chi connectivity index (χ2n) is 5.99. The molecule has 2 aromatic heterocycles. The molecule has 0 saturated carbocycles. The maximum Gasteiger partial charge on any atom is 0.573 e. The molecule has 26 heavy (non-hydrogen) atoms. The van der Waals surface area contributed by atoms with Crippen LogP contribution in [0.5, 0.6) is 5.75 Å². The molecule has 0 radical (unpaired) electrons. The number of halogens is 3. The quantitative estimate of drug-likeness (QED) is 0.728. The summed E-state index contributed by atoms with van der Waals surface area (Å²) in [6, 6.07) is 9.30. The van der Waals surface area contributed by atoms with Crippen LogP contribution in [0, 0.1) is 0 Å². The van der Waals surface area contributed by atoms with E-state index in [0.29, 0.717) is 11.4 Å². The normalized spacial score (nSPS) is 14.4. The molecule has 3 heterocycles. The number of rotatable bonds is 3. The molecule has 0 atom stereocenters. The summed E-state index contributed by atoms with van der Waals surface area (Å²) in [5.41, 5.74) is 2.44. The fourth-order valence-corrected chi connectivity index (χ4v) is 3.09. The summed E-state index contributed by atoms with van der Waals surface area (Å²) in [7, 11) is 0. The lowest BCUT2D eigenvalue weighted by molar-refractivity contribution is -0.274. The van der Waals surface area contributed by atoms with Crippen molar-refractivity contribution in [2.24, 2.45) is 0 Å².